The van der Waals surface area contributed by atoms with Gasteiger partial charge in [-0.3, -0.25) is 14.2 Å². The van der Waals surface area contributed by atoms with Crippen LogP contribution in [0.25, 0.3) is 0 Å². The molecule has 0 aromatic heterocycles. The Labute approximate surface area is 124 Å². The van der Waals surface area contributed by atoms with Crippen LogP contribution in [0.1, 0.15) is 34.1 Å². The van der Waals surface area contributed by atoms with Crippen molar-refractivity contribution in [2.24, 2.45) is 5.92 Å². The highest BCUT2D eigenvalue weighted by molar-refractivity contribution is 7.57. The van der Waals surface area contributed by atoms with Crippen molar-refractivity contribution in [2.75, 3.05) is 26.4 Å². The SMILES string of the molecule is CCOC(=O)[C@@H]1C[C@]1(C(=O)OCC)P(=O)(OCC)OCC. The normalized spacial score (nSPS) is 24.5. The first kappa shape index (κ1) is 18.1. The summed E-state index contributed by atoms with van der Waals surface area (Å²) in [7, 11) is -3.81. The fourth-order valence-electron chi connectivity index (χ4n) is 2.28. The fourth-order valence-corrected chi connectivity index (χ4v) is 4.67. The topological polar surface area (TPSA) is 88.1 Å². The smallest absolute Gasteiger partial charge is 0.348 e. The van der Waals surface area contributed by atoms with Crippen molar-refractivity contribution in [3.05, 3.63) is 0 Å². The van der Waals surface area contributed by atoms with E-state index < -0.39 is 30.6 Å². The molecule has 1 saturated carbocycles. The number of carbonyl (C=O) groups is 2. The molecule has 21 heavy (non-hydrogen) atoms. The largest absolute Gasteiger partial charge is 0.466 e. The van der Waals surface area contributed by atoms with Crippen LogP contribution in [0.3, 0.4) is 0 Å². The molecule has 0 aromatic carbocycles. The zero-order valence-corrected chi connectivity index (χ0v) is 13.8. The molecule has 1 aliphatic carbocycles. The lowest BCUT2D eigenvalue weighted by Crippen LogP contribution is -2.32. The van der Waals surface area contributed by atoms with Crippen LogP contribution < -0.4 is 0 Å². The van der Waals surface area contributed by atoms with Gasteiger partial charge in [-0.1, -0.05) is 0 Å². The summed E-state index contributed by atoms with van der Waals surface area (Å²) in [6.45, 7) is 7.10. The Morgan fingerprint density at radius 1 is 1.00 bits per heavy atom. The van der Waals surface area contributed by atoms with Crippen molar-refractivity contribution >= 4 is 19.5 Å². The van der Waals surface area contributed by atoms with E-state index in [0.717, 1.165) is 0 Å². The highest BCUT2D eigenvalue weighted by Gasteiger charge is 2.77. The molecule has 0 saturated heterocycles. The number of rotatable bonds is 9. The average Bonchev–Trinajstić information content (AvgIpc) is 3.17. The number of ether oxygens (including phenoxy) is 2. The van der Waals surface area contributed by atoms with Crippen molar-refractivity contribution in [2.45, 2.75) is 39.3 Å². The molecule has 0 aromatic rings. The molecule has 1 rings (SSSR count). The van der Waals surface area contributed by atoms with Gasteiger partial charge in [-0.2, -0.15) is 0 Å². The van der Waals surface area contributed by atoms with Gasteiger partial charge in [0.1, 0.15) is 0 Å². The van der Waals surface area contributed by atoms with Crippen LogP contribution in [0.4, 0.5) is 0 Å². The summed E-state index contributed by atoms with van der Waals surface area (Å²) in [5, 5.41) is -1.57. The van der Waals surface area contributed by atoms with Crippen molar-refractivity contribution in [1.29, 1.82) is 0 Å². The second-order valence-corrected chi connectivity index (χ2v) is 6.80. The van der Waals surface area contributed by atoms with Crippen LogP contribution in [-0.2, 0) is 32.7 Å². The van der Waals surface area contributed by atoms with Gasteiger partial charge in [0, 0.05) is 0 Å². The second kappa shape index (κ2) is 7.38. The zero-order chi connectivity index (χ0) is 16.1. The van der Waals surface area contributed by atoms with Crippen molar-refractivity contribution in [3.63, 3.8) is 0 Å². The van der Waals surface area contributed by atoms with Gasteiger partial charge in [0.05, 0.1) is 32.3 Å². The summed E-state index contributed by atoms with van der Waals surface area (Å²) in [5.41, 5.74) is 0. The molecule has 1 aliphatic rings. The number of hydrogen-bond acceptors (Lipinski definition) is 7. The third-order valence-electron chi connectivity index (χ3n) is 3.22. The van der Waals surface area contributed by atoms with Crippen LogP contribution in [-0.4, -0.2) is 43.5 Å². The molecule has 0 spiro atoms. The Morgan fingerprint density at radius 3 is 1.95 bits per heavy atom. The van der Waals surface area contributed by atoms with Crippen LogP contribution in [0.5, 0.6) is 0 Å². The molecule has 7 nitrogen and oxygen atoms in total. The summed E-state index contributed by atoms with van der Waals surface area (Å²) in [5.74, 6) is -2.15. The molecule has 0 radical (unpaired) electrons. The maximum absolute atomic E-state index is 13.0. The minimum atomic E-state index is -3.81. The Balaban J connectivity index is 3.12. The van der Waals surface area contributed by atoms with Crippen LogP contribution in [0, 0.1) is 5.92 Å². The third-order valence-corrected chi connectivity index (χ3v) is 6.07. The van der Waals surface area contributed by atoms with Gasteiger partial charge < -0.3 is 18.5 Å². The molecule has 1 fully saturated rings. The molecule has 0 aliphatic heterocycles. The van der Waals surface area contributed by atoms with Gasteiger partial charge in [-0.05, 0) is 34.1 Å². The lowest BCUT2D eigenvalue weighted by atomic mass is 10.3. The van der Waals surface area contributed by atoms with Crippen LogP contribution in [0.2, 0.25) is 0 Å². The van der Waals surface area contributed by atoms with Crippen molar-refractivity contribution in [1.82, 2.24) is 0 Å². The quantitative estimate of drug-likeness (QED) is 0.474. The number of hydrogen-bond donors (Lipinski definition) is 0. The second-order valence-electron chi connectivity index (χ2n) is 4.49. The first-order valence-corrected chi connectivity index (χ1v) is 8.70. The van der Waals surface area contributed by atoms with E-state index >= 15 is 0 Å². The van der Waals surface area contributed by atoms with Crippen molar-refractivity contribution in [3.8, 4) is 0 Å². The average molecular weight is 322 g/mol. The number of esters is 2. The summed E-state index contributed by atoms with van der Waals surface area (Å²) in [6.07, 6.45) is 0.0575. The molecule has 0 bridgehead atoms. The van der Waals surface area contributed by atoms with E-state index in [4.69, 9.17) is 18.5 Å². The Bertz CT molecular complexity index is 426. The van der Waals surface area contributed by atoms with E-state index in [-0.39, 0.29) is 32.8 Å². The summed E-state index contributed by atoms with van der Waals surface area (Å²) in [6, 6.07) is 0. The minimum Gasteiger partial charge on any atom is -0.466 e. The van der Waals surface area contributed by atoms with Gasteiger partial charge in [0.15, 0.2) is 5.16 Å². The summed E-state index contributed by atoms with van der Waals surface area (Å²) >= 11 is 0. The first-order valence-electron chi connectivity index (χ1n) is 7.16. The molecular formula is C13H23O7P. The molecular weight excluding hydrogens is 299 g/mol. The van der Waals surface area contributed by atoms with Gasteiger partial charge in [-0.15, -0.1) is 0 Å². The van der Waals surface area contributed by atoms with E-state index in [1.54, 1.807) is 27.7 Å². The van der Waals surface area contributed by atoms with E-state index in [9.17, 15) is 14.2 Å². The predicted molar refractivity (Wildman–Crippen MR) is 75.0 cm³/mol. The Kier molecular flexibility index (Phi) is 6.38. The maximum atomic E-state index is 13.0. The Morgan fingerprint density at radius 2 is 1.52 bits per heavy atom. The summed E-state index contributed by atoms with van der Waals surface area (Å²) in [4.78, 5) is 24.2. The maximum Gasteiger partial charge on any atom is 0.348 e. The molecule has 8 heteroatoms. The highest BCUT2D eigenvalue weighted by atomic mass is 31.2. The van der Waals surface area contributed by atoms with Gasteiger partial charge in [0.25, 0.3) is 0 Å². The zero-order valence-electron chi connectivity index (χ0n) is 12.9. The molecule has 122 valence electrons. The molecule has 2 atom stereocenters. The van der Waals surface area contributed by atoms with E-state index in [2.05, 4.69) is 0 Å². The molecule has 0 N–H and O–H groups in total. The van der Waals surface area contributed by atoms with Crippen LogP contribution in [0.15, 0.2) is 0 Å². The van der Waals surface area contributed by atoms with Crippen molar-refractivity contribution < 1.29 is 32.7 Å². The predicted octanol–water partition coefficient (Wildman–Crippen LogP) is 2.14. The third kappa shape index (κ3) is 3.30. The summed E-state index contributed by atoms with van der Waals surface area (Å²) < 4.78 is 33.4. The fraction of sp³-hybridized carbons (Fsp3) is 0.846. The van der Waals surface area contributed by atoms with Crippen LogP contribution >= 0.6 is 7.60 Å². The van der Waals surface area contributed by atoms with Gasteiger partial charge in [-0.25, -0.2) is 0 Å². The first-order chi connectivity index (χ1) is 9.93. The number of carbonyl (C=O) groups excluding carboxylic acids is 2. The van der Waals surface area contributed by atoms with Gasteiger partial charge in [0.2, 0.25) is 0 Å². The highest BCUT2D eigenvalue weighted by Crippen LogP contribution is 2.74. The van der Waals surface area contributed by atoms with Gasteiger partial charge >= 0.3 is 19.5 Å². The van der Waals surface area contributed by atoms with E-state index in [0.29, 0.717) is 0 Å². The Hall–Kier alpha value is -0.910. The molecule has 0 heterocycles. The molecule has 0 unspecified atom stereocenters. The van der Waals surface area contributed by atoms with E-state index in [1.807, 2.05) is 0 Å². The minimum absolute atomic E-state index is 0.0575. The monoisotopic (exact) mass is 322 g/mol. The van der Waals surface area contributed by atoms with E-state index in [1.165, 1.54) is 0 Å². The lowest BCUT2D eigenvalue weighted by molar-refractivity contribution is -0.150. The lowest BCUT2D eigenvalue weighted by Gasteiger charge is -2.25. The molecule has 0 amide bonds. The standard InChI is InChI=1S/C13H23O7P/c1-5-17-11(14)10-9-13(10,12(15)18-6-2)21(16,19-7-3)20-8-4/h10H,5-9H2,1-4H3/t10-,13-/m0/s1.